The summed E-state index contributed by atoms with van der Waals surface area (Å²) in [7, 11) is 0. The molecule has 78 valence electrons. The summed E-state index contributed by atoms with van der Waals surface area (Å²) in [5.41, 5.74) is 1.22. The number of thioether (sulfide) groups is 1. The normalized spacial score (nSPS) is 10.1. The summed E-state index contributed by atoms with van der Waals surface area (Å²) in [6.07, 6.45) is 3.23. The lowest BCUT2D eigenvalue weighted by molar-refractivity contribution is 0.316. The molecular formula is C11H15BrOS. The molecule has 0 spiro atoms. The lowest BCUT2D eigenvalue weighted by Crippen LogP contribution is -2.00. The molecule has 0 aliphatic rings. The Bertz CT molecular complexity index is 265. The van der Waals surface area contributed by atoms with Crippen molar-refractivity contribution in [2.45, 2.75) is 11.8 Å². The number of para-hydroxylation sites is 1. The van der Waals surface area contributed by atoms with E-state index in [0.717, 1.165) is 29.9 Å². The van der Waals surface area contributed by atoms with Gasteiger partial charge in [-0.05, 0) is 24.5 Å². The zero-order chi connectivity index (χ0) is 10.2. The van der Waals surface area contributed by atoms with Crippen molar-refractivity contribution < 1.29 is 4.74 Å². The lowest BCUT2D eigenvalue weighted by Gasteiger charge is -2.08. The molecule has 0 heterocycles. The first-order chi connectivity index (χ1) is 6.88. The zero-order valence-electron chi connectivity index (χ0n) is 8.33. The third-order valence-electron chi connectivity index (χ3n) is 1.87. The van der Waals surface area contributed by atoms with Gasteiger partial charge in [0.05, 0.1) is 6.61 Å². The van der Waals surface area contributed by atoms with Crippen molar-refractivity contribution in [3.63, 3.8) is 0 Å². The molecule has 0 aliphatic carbocycles. The molecule has 0 fully saturated rings. The van der Waals surface area contributed by atoms with Crippen LogP contribution in [0.4, 0.5) is 0 Å². The Hall–Kier alpha value is -0.150. The molecule has 0 saturated heterocycles. The van der Waals surface area contributed by atoms with E-state index in [0.29, 0.717) is 0 Å². The summed E-state index contributed by atoms with van der Waals surface area (Å²) in [4.78, 5) is 0. The molecule has 1 aromatic rings. The van der Waals surface area contributed by atoms with E-state index >= 15 is 0 Å². The van der Waals surface area contributed by atoms with Crippen molar-refractivity contribution in [1.82, 2.24) is 0 Å². The summed E-state index contributed by atoms with van der Waals surface area (Å²) < 4.78 is 5.69. The van der Waals surface area contributed by atoms with Gasteiger partial charge in [-0.3, -0.25) is 0 Å². The highest BCUT2D eigenvalue weighted by Crippen LogP contribution is 2.20. The highest BCUT2D eigenvalue weighted by molar-refractivity contribution is 9.08. The maximum Gasteiger partial charge on any atom is 0.123 e. The number of ether oxygens (including phenoxy) is 1. The minimum Gasteiger partial charge on any atom is -0.493 e. The quantitative estimate of drug-likeness (QED) is 0.578. The van der Waals surface area contributed by atoms with Gasteiger partial charge in [-0.1, -0.05) is 34.1 Å². The van der Waals surface area contributed by atoms with Crippen molar-refractivity contribution in [3.05, 3.63) is 29.8 Å². The molecule has 0 saturated carbocycles. The largest absolute Gasteiger partial charge is 0.493 e. The van der Waals surface area contributed by atoms with Crippen molar-refractivity contribution in [1.29, 1.82) is 0 Å². The van der Waals surface area contributed by atoms with Crippen LogP contribution in [-0.2, 0) is 5.33 Å². The first-order valence-corrected chi connectivity index (χ1v) is 7.15. The van der Waals surface area contributed by atoms with Gasteiger partial charge in [0.25, 0.3) is 0 Å². The molecular weight excluding hydrogens is 260 g/mol. The van der Waals surface area contributed by atoms with E-state index in [2.05, 4.69) is 28.3 Å². The molecule has 1 aromatic carbocycles. The average Bonchev–Trinajstić information content (AvgIpc) is 2.25. The summed E-state index contributed by atoms with van der Waals surface area (Å²) >= 11 is 5.30. The van der Waals surface area contributed by atoms with Crippen LogP contribution in [0, 0.1) is 0 Å². The van der Waals surface area contributed by atoms with E-state index in [1.165, 1.54) is 5.56 Å². The third-order valence-corrected chi connectivity index (χ3v) is 3.17. The van der Waals surface area contributed by atoms with Crippen molar-refractivity contribution in [3.8, 4) is 5.75 Å². The Morgan fingerprint density at radius 2 is 2.14 bits per heavy atom. The van der Waals surface area contributed by atoms with Crippen LogP contribution in [0.2, 0.25) is 0 Å². The molecule has 0 aliphatic heterocycles. The fourth-order valence-electron chi connectivity index (χ4n) is 1.14. The Kier molecular flexibility index (Phi) is 6.12. The van der Waals surface area contributed by atoms with Crippen molar-refractivity contribution in [2.75, 3.05) is 18.6 Å². The zero-order valence-corrected chi connectivity index (χ0v) is 10.7. The topological polar surface area (TPSA) is 9.23 Å². The second-order valence-electron chi connectivity index (χ2n) is 2.94. The Morgan fingerprint density at radius 1 is 1.36 bits per heavy atom. The van der Waals surface area contributed by atoms with E-state index in [-0.39, 0.29) is 0 Å². The van der Waals surface area contributed by atoms with Gasteiger partial charge in [0.15, 0.2) is 0 Å². The maximum atomic E-state index is 5.69. The number of benzene rings is 1. The predicted molar refractivity (Wildman–Crippen MR) is 67.6 cm³/mol. The summed E-state index contributed by atoms with van der Waals surface area (Å²) in [6, 6.07) is 8.15. The molecule has 0 aromatic heterocycles. The number of halogens is 1. The van der Waals surface area contributed by atoms with E-state index in [1.54, 1.807) is 0 Å². The second-order valence-corrected chi connectivity index (χ2v) is 4.48. The minimum atomic E-state index is 0.810. The number of alkyl halides is 1. The lowest BCUT2D eigenvalue weighted by atomic mass is 10.2. The van der Waals surface area contributed by atoms with Gasteiger partial charge in [-0.25, -0.2) is 0 Å². The van der Waals surface area contributed by atoms with E-state index in [9.17, 15) is 0 Å². The molecule has 0 N–H and O–H groups in total. The second kappa shape index (κ2) is 7.18. The minimum absolute atomic E-state index is 0.810. The van der Waals surface area contributed by atoms with Gasteiger partial charge in [0.1, 0.15) is 5.75 Å². The monoisotopic (exact) mass is 274 g/mol. The van der Waals surface area contributed by atoms with Crippen LogP contribution < -0.4 is 4.74 Å². The smallest absolute Gasteiger partial charge is 0.123 e. The molecule has 14 heavy (non-hydrogen) atoms. The predicted octanol–water partition coefficient (Wildman–Crippen LogP) is 3.71. The van der Waals surface area contributed by atoms with Crippen LogP contribution in [0.3, 0.4) is 0 Å². The molecule has 0 atom stereocenters. The van der Waals surface area contributed by atoms with Crippen LogP contribution in [0.15, 0.2) is 24.3 Å². The maximum absolute atomic E-state index is 5.69. The standard InChI is InChI=1S/C11H15BrOS/c1-14-8-4-7-13-11-6-3-2-5-10(11)9-12/h2-3,5-6H,4,7-9H2,1H3. The van der Waals surface area contributed by atoms with Crippen LogP contribution in [0.1, 0.15) is 12.0 Å². The molecule has 0 radical (unpaired) electrons. The van der Waals surface area contributed by atoms with Crippen LogP contribution in [0.25, 0.3) is 0 Å². The Morgan fingerprint density at radius 3 is 2.86 bits per heavy atom. The molecule has 0 amide bonds. The molecule has 0 bridgehead atoms. The van der Waals surface area contributed by atoms with Crippen molar-refractivity contribution in [2.24, 2.45) is 0 Å². The fourth-order valence-corrected chi connectivity index (χ4v) is 2.01. The Labute approximate surface area is 98.4 Å². The fraction of sp³-hybridized carbons (Fsp3) is 0.455. The first-order valence-electron chi connectivity index (χ1n) is 4.64. The third kappa shape index (κ3) is 3.93. The highest BCUT2D eigenvalue weighted by Gasteiger charge is 1.99. The molecule has 0 unspecified atom stereocenters. The highest BCUT2D eigenvalue weighted by atomic mass is 79.9. The SMILES string of the molecule is CSCCCOc1ccccc1CBr. The molecule has 1 rings (SSSR count). The average molecular weight is 275 g/mol. The van der Waals surface area contributed by atoms with Crippen LogP contribution in [0.5, 0.6) is 5.75 Å². The van der Waals surface area contributed by atoms with Gasteiger partial charge in [-0.2, -0.15) is 11.8 Å². The van der Waals surface area contributed by atoms with Crippen LogP contribution >= 0.6 is 27.7 Å². The van der Waals surface area contributed by atoms with Gasteiger partial charge in [-0.15, -0.1) is 0 Å². The summed E-state index contributed by atoms with van der Waals surface area (Å²) in [5, 5.41) is 0.853. The number of rotatable bonds is 6. The summed E-state index contributed by atoms with van der Waals surface area (Å²) in [6.45, 7) is 0.810. The van der Waals surface area contributed by atoms with E-state index < -0.39 is 0 Å². The Balaban J connectivity index is 2.41. The molecule has 3 heteroatoms. The number of hydrogen-bond acceptors (Lipinski definition) is 2. The first kappa shape index (κ1) is 11.9. The van der Waals surface area contributed by atoms with Crippen LogP contribution in [-0.4, -0.2) is 18.6 Å². The van der Waals surface area contributed by atoms with Gasteiger partial charge < -0.3 is 4.74 Å². The van der Waals surface area contributed by atoms with E-state index in [4.69, 9.17) is 4.74 Å². The summed E-state index contributed by atoms with van der Waals surface area (Å²) in [5.74, 6) is 2.17. The van der Waals surface area contributed by atoms with Gasteiger partial charge in [0, 0.05) is 10.9 Å². The molecule has 1 nitrogen and oxygen atoms in total. The van der Waals surface area contributed by atoms with Gasteiger partial charge in [0.2, 0.25) is 0 Å². The van der Waals surface area contributed by atoms with E-state index in [1.807, 2.05) is 30.0 Å². The van der Waals surface area contributed by atoms with Gasteiger partial charge >= 0.3 is 0 Å². The van der Waals surface area contributed by atoms with Crippen molar-refractivity contribution >= 4 is 27.7 Å². The number of hydrogen-bond donors (Lipinski definition) is 0.